The second-order valence-corrected chi connectivity index (χ2v) is 10.6. The molecule has 2 aliphatic carbocycles. The first kappa shape index (κ1) is 22.0. The van der Waals surface area contributed by atoms with Crippen LogP contribution in [0.3, 0.4) is 0 Å². The number of esters is 1. The predicted molar refractivity (Wildman–Crippen MR) is 129 cm³/mol. The molecule has 2 aliphatic heterocycles. The van der Waals surface area contributed by atoms with Crippen LogP contribution in [0.1, 0.15) is 36.8 Å². The summed E-state index contributed by atoms with van der Waals surface area (Å²) in [6, 6.07) is 12.5. The van der Waals surface area contributed by atoms with E-state index in [0.717, 1.165) is 36.1 Å². The minimum absolute atomic E-state index is 0.0841. The van der Waals surface area contributed by atoms with E-state index >= 15 is 0 Å². The molecule has 0 spiro atoms. The fourth-order valence-corrected chi connectivity index (χ4v) is 6.77. The average Bonchev–Trinajstić information content (AvgIpc) is 3.57. The molecule has 35 heavy (non-hydrogen) atoms. The van der Waals surface area contributed by atoms with Crippen molar-refractivity contribution in [1.82, 2.24) is 0 Å². The highest BCUT2D eigenvalue weighted by Gasteiger charge is 2.61. The largest absolute Gasteiger partial charge is 0.426 e. The van der Waals surface area contributed by atoms with Gasteiger partial charge in [0.15, 0.2) is 0 Å². The summed E-state index contributed by atoms with van der Waals surface area (Å²) in [6.45, 7) is 4.21. The number of nitrogens with zero attached hydrogens (tertiary/aromatic N) is 2. The van der Waals surface area contributed by atoms with Crippen molar-refractivity contribution in [1.29, 1.82) is 0 Å². The zero-order valence-electron chi connectivity index (χ0n) is 19.9. The third-order valence-corrected chi connectivity index (χ3v) is 8.20. The lowest BCUT2D eigenvalue weighted by atomic mass is 9.81. The molecule has 0 unspecified atom stereocenters. The third-order valence-electron chi connectivity index (χ3n) is 8.20. The highest BCUT2D eigenvalue weighted by molar-refractivity contribution is 6.22. The third kappa shape index (κ3) is 3.56. The van der Waals surface area contributed by atoms with Crippen molar-refractivity contribution in [2.24, 2.45) is 29.6 Å². The number of hydrogen-bond donors (Lipinski definition) is 0. The van der Waals surface area contributed by atoms with Crippen LogP contribution < -0.4 is 14.5 Å². The van der Waals surface area contributed by atoms with Crippen molar-refractivity contribution < 1.29 is 23.9 Å². The fraction of sp³-hybridized carbons (Fsp3) is 0.429. The van der Waals surface area contributed by atoms with Crippen molar-refractivity contribution in [3.8, 4) is 5.75 Å². The van der Waals surface area contributed by atoms with Crippen molar-refractivity contribution in [2.45, 2.75) is 39.5 Å². The Morgan fingerprint density at radius 3 is 2.20 bits per heavy atom. The van der Waals surface area contributed by atoms with E-state index in [0.29, 0.717) is 17.5 Å². The Morgan fingerprint density at radius 1 is 0.886 bits per heavy atom. The van der Waals surface area contributed by atoms with Gasteiger partial charge >= 0.3 is 5.97 Å². The second-order valence-electron chi connectivity index (χ2n) is 10.6. The highest BCUT2D eigenvalue weighted by Crippen LogP contribution is 2.56. The topological polar surface area (TPSA) is 84.0 Å². The van der Waals surface area contributed by atoms with Crippen LogP contribution in [0.25, 0.3) is 0 Å². The summed E-state index contributed by atoms with van der Waals surface area (Å²) >= 11 is 0. The van der Waals surface area contributed by atoms with E-state index in [1.807, 2.05) is 32.0 Å². The number of hydrogen-bond acceptors (Lipinski definition) is 5. The van der Waals surface area contributed by atoms with E-state index in [-0.39, 0.29) is 48.3 Å². The lowest BCUT2D eigenvalue weighted by Crippen LogP contribution is -2.32. The van der Waals surface area contributed by atoms with Gasteiger partial charge < -0.3 is 9.64 Å². The highest BCUT2D eigenvalue weighted by atomic mass is 16.5. The summed E-state index contributed by atoms with van der Waals surface area (Å²) in [5, 5.41) is 0. The van der Waals surface area contributed by atoms with Gasteiger partial charge in [0.1, 0.15) is 5.75 Å². The molecule has 0 N–H and O–H groups in total. The molecular weight excluding hydrogens is 444 g/mol. The molecule has 2 saturated heterocycles. The number of aryl methyl sites for hydroxylation is 2. The number of fused-ring (bicyclic) bond motifs is 5. The van der Waals surface area contributed by atoms with Crippen LogP contribution >= 0.6 is 0 Å². The maximum Gasteiger partial charge on any atom is 0.316 e. The van der Waals surface area contributed by atoms with Crippen molar-refractivity contribution in [3.63, 3.8) is 0 Å². The monoisotopic (exact) mass is 472 g/mol. The van der Waals surface area contributed by atoms with E-state index in [9.17, 15) is 19.2 Å². The molecule has 180 valence electrons. The van der Waals surface area contributed by atoms with Gasteiger partial charge in [0.25, 0.3) is 0 Å². The van der Waals surface area contributed by atoms with E-state index in [4.69, 9.17) is 4.74 Å². The molecule has 2 heterocycles. The molecule has 4 fully saturated rings. The Morgan fingerprint density at radius 2 is 1.54 bits per heavy atom. The summed E-state index contributed by atoms with van der Waals surface area (Å²) in [4.78, 5) is 54.8. The SMILES string of the molecule is Cc1cc(C)cc(N2C[C@@H](C(=O)Oc3cccc(N4C(=O)[C@@H]5[C@H]6CC[C@@H](C6)[C@@H]5C4=O)c3)CC2=O)c1. The summed E-state index contributed by atoms with van der Waals surface area (Å²) in [5.41, 5.74) is 3.34. The van der Waals surface area contributed by atoms with E-state index in [1.54, 1.807) is 29.2 Å². The number of amides is 3. The van der Waals surface area contributed by atoms with Crippen molar-refractivity contribution >= 4 is 35.1 Å². The molecular formula is C28H28N2O5. The quantitative estimate of drug-likeness (QED) is 0.384. The zero-order chi connectivity index (χ0) is 24.4. The summed E-state index contributed by atoms with van der Waals surface area (Å²) in [7, 11) is 0. The molecule has 2 aromatic carbocycles. The smallest absolute Gasteiger partial charge is 0.316 e. The van der Waals surface area contributed by atoms with Crippen molar-refractivity contribution in [3.05, 3.63) is 53.6 Å². The standard InChI is InChI=1S/C28H28N2O5/c1-15-8-16(2)10-21(9-15)29-14-19(12-23(29)31)28(34)35-22-5-3-4-20(13-22)30-26(32)24-17-6-7-18(11-17)25(24)27(30)33/h3-5,8-10,13,17-19,24-25H,6-7,11-12,14H2,1-2H3/t17-,18-,19-,24-,25+/m0/s1. The Bertz CT molecular complexity index is 1220. The molecule has 7 heteroatoms. The van der Waals surface area contributed by atoms with Gasteiger partial charge in [0.05, 0.1) is 23.4 Å². The normalized spacial score (nSPS) is 29.3. The van der Waals surface area contributed by atoms with Gasteiger partial charge in [-0.15, -0.1) is 0 Å². The van der Waals surface area contributed by atoms with Gasteiger partial charge in [-0.1, -0.05) is 12.1 Å². The molecule has 2 aromatic rings. The first-order valence-electron chi connectivity index (χ1n) is 12.4. The Hall–Kier alpha value is -3.48. The van der Waals surface area contributed by atoms with Crippen LogP contribution in [0.2, 0.25) is 0 Å². The van der Waals surface area contributed by atoms with Gasteiger partial charge in [-0.2, -0.15) is 0 Å². The lowest BCUT2D eigenvalue weighted by Gasteiger charge is -2.19. The number of imide groups is 1. The molecule has 5 atom stereocenters. The predicted octanol–water partition coefficient (Wildman–Crippen LogP) is 3.80. The molecule has 2 bridgehead atoms. The molecule has 0 radical (unpaired) electrons. The number of ether oxygens (including phenoxy) is 1. The number of benzene rings is 2. The first-order chi connectivity index (χ1) is 16.8. The minimum atomic E-state index is -0.586. The summed E-state index contributed by atoms with van der Waals surface area (Å²) < 4.78 is 5.63. The average molecular weight is 473 g/mol. The minimum Gasteiger partial charge on any atom is -0.426 e. The van der Waals surface area contributed by atoms with Crippen LogP contribution in [0.4, 0.5) is 11.4 Å². The van der Waals surface area contributed by atoms with Crippen molar-refractivity contribution in [2.75, 3.05) is 16.3 Å². The van der Waals surface area contributed by atoms with Crippen LogP contribution in [-0.2, 0) is 19.2 Å². The van der Waals surface area contributed by atoms with Crippen LogP contribution in [0.5, 0.6) is 5.75 Å². The number of anilines is 2. The molecule has 3 amide bonds. The molecule has 7 nitrogen and oxygen atoms in total. The molecule has 2 saturated carbocycles. The maximum atomic E-state index is 13.1. The molecule has 6 rings (SSSR count). The Balaban J connectivity index is 1.17. The summed E-state index contributed by atoms with van der Waals surface area (Å²) in [5.74, 6) is -0.942. The molecule has 0 aromatic heterocycles. The molecule has 4 aliphatic rings. The maximum absolute atomic E-state index is 13.1. The van der Waals surface area contributed by atoms with Crippen LogP contribution in [0, 0.1) is 43.4 Å². The number of carbonyl (C=O) groups excluding carboxylic acids is 4. The van der Waals surface area contributed by atoms with Gasteiger partial charge in [-0.05, 0) is 80.3 Å². The van der Waals surface area contributed by atoms with E-state index in [2.05, 4.69) is 0 Å². The van der Waals surface area contributed by atoms with Crippen LogP contribution in [-0.4, -0.2) is 30.2 Å². The van der Waals surface area contributed by atoms with Gasteiger partial charge in [0.2, 0.25) is 17.7 Å². The number of carbonyl (C=O) groups is 4. The lowest BCUT2D eigenvalue weighted by molar-refractivity contribution is -0.139. The van der Waals surface area contributed by atoms with Gasteiger partial charge in [0, 0.05) is 24.7 Å². The summed E-state index contributed by atoms with van der Waals surface area (Å²) in [6.07, 6.45) is 3.11. The van der Waals surface area contributed by atoms with Gasteiger partial charge in [-0.3, -0.25) is 19.2 Å². The van der Waals surface area contributed by atoms with Crippen LogP contribution in [0.15, 0.2) is 42.5 Å². The fourth-order valence-electron chi connectivity index (χ4n) is 6.77. The Kier molecular flexibility index (Phi) is 5.06. The second kappa shape index (κ2) is 8.04. The number of rotatable bonds is 4. The zero-order valence-corrected chi connectivity index (χ0v) is 19.9. The van der Waals surface area contributed by atoms with E-state index in [1.165, 1.54) is 4.90 Å². The Labute approximate surface area is 204 Å². The first-order valence-corrected chi connectivity index (χ1v) is 12.4. The van der Waals surface area contributed by atoms with E-state index < -0.39 is 11.9 Å². The van der Waals surface area contributed by atoms with Gasteiger partial charge in [-0.25, -0.2) is 4.90 Å².